The average Bonchev–Trinajstić information content (AvgIpc) is 2.67. The Morgan fingerprint density at radius 1 is 1.35 bits per heavy atom. The number of carbonyl (C=O) groups excluding carboxylic acids is 1. The molecule has 0 aromatic carbocycles. The van der Waals surface area contributed by atoms with Gasteiger partial charge in [-0.05, 0) is 32.8 Å². The standard InChI is InChI=1S/C14H21NOS/c1-10-8-13(11(2)15-10)14(16)9-17-12-6-4-3-5-7-12/h8,12,15H,3-7,9H2,1-2H3. The van der Waals surface area contributed by atoms with Gasteiger partial charge in [-0.15, -0.1) is 0 Å². The van der Waals surface area contributed by atoms with Gasteiger partial charge in [0.2, 0.25) is 0 Å². The molecule has 0 atom stereocenters. The van der Waals surface area contributed by atoms with E-state index in [0.29, 0.717) is 11.0 Å². The number of rotatable bonds is 4. The van der Waals surface area contributed by atoms with Crippen molar-refractivity contribution in [1.29, 1.82) is 0 Å². The maximum absolute atomic E-state index is 12.1. The summed E-state index contributed by atoms with van der Waals surface area (Å²) in [5, 5.41) is 0.716. The second-order valence-corrected chi connectivity index (χ2v) is 6.27. The minimum atomic E-state index is 0.280. The van der Waals surface area contributed by atoms with Gasteiger partial charge in [-0.25, -0.2) is 0 Å². The van der Waals surface area contributed by atoms with Gasteiger partial charge in [0, 0.05) is 22.2 Å². The number of Topliss-reactive ketones (excluding diaryl/α,β-unsaturated/α-hetero) is 1. The summed E-state index contributed by atoms with van der Waals surface area (Å²) in [5.41, 5.74) is 2.97. The quantitative estimate of drug-likeness (QED) is 0.824. The number of thioether (sulfide) groups is 1. The minimum absolute atomic E-state index is 0.280. The van der Waals surface area contributed by atoms with Crippen molar-refractivity contribution < 1.29 is 4.79 Å². The number of aromatic amines is 1. The largest absolute Gasteiger partial charge is 0.362 e. The highest BCUT2D eigenvalue weighted by Gasteiger charge is 2.17. The molecule has 1 aliphatic carbocycles. The summed E-state index contributed by atoms with van der Waals surface area (Å²) in [7, 11) is 0. The van der Waals surface area contributed by atoms with Crippen molar-refractivity contribution in [3.8, 4) is 0 Å². The highest BCUT2D eigenvalue weighted by atomic mass is 32.2. The Hall–Kier alpha value is -0.700. The molecule has 1 N–H and O–H groups in total. The van der Waals surface area contributed by atoms with E-state index in [1.54, 1.807) is 0 Å². The molecule has 0 spiro atoms. The molecule has 1 aliphatic rings. The molecule has 1 heterocycles. The van der Waals surface area contributed by atoms with Gasteiger partial charge < -0.3 is 4.98 Å². The summed E-state index contributed by atoms with van der Waals surface area (Å²) < 4.78 is 0. The van der Waals surface area contributed by atoms with Crippen LogP contribution in [0.1, 0.15) is 53.8 Å². The number of hydrogen-bond donors (Lipinski definition) is 1. The van der Waals surface area contributed by atoms with Crippen molar-refractivity contribution in [2.45, 2.75) is 51.2 Å². The zero-order chi connectivity index (χ0) is 12.3. The van der Waals surface area contributed by atoms with Crippen molar-refractivity contribution in [2.75, 3.05) is 5.75 Å². The van der Waals surface area contributed by atoms with Gasteiger partial charge in [-0.2, -0.15) is 11.8 Å². The van der Waals surface area contributed by atoms with Crippen LogP contribution in [0.2, 0.25) is 0 Å². The number of H-pyrrole nitrogens is 1. The van der Waals surface area contributed by atoms with Gasteiger partial charge in [-0.3, -0.25) is 4.79 Å². The van der Waals surface area contributed by atoms with Crippen LogP contribution in [0.25, 0.3) is 0 Å². The molecule has 1 fully saturated rings. The topological polar surface area (TPSA) is 32.9 Å². The number of aromatic nitrogens is 1. The molecule has 1 aromatic heterocycles. The molecule has 0 bridgehead atoms. The van der Waals surface area contributed by atoms with Crippen LogP contribution in [0.15, 0.2) is 6.07 Å². The molecule has 0 amide bonds. The van der Waals surface area contributed by atoms with Crippen LogP contribution < -0.4 is 0 Å². The van der Waals surface area contributed by atoms with Crippen LogP contribution in [0.3, 0.4) is 0 Å². The highest BCUT2D eigenvalue weighted by Crippen LogP contribution is 2.28. The lowest BCUT2D eigenvalue weighted by Crippen LogP contribution is -2.12. The van der Waals surface area contributed by atoms with Gasteiger partial charge in [0.25, 0.3) is 0 Å². The van der Waals surface area contributed by atoms with Gasteiger partial charge in [0.05, 0.1) is 5.75 Å². The molecule has 94 valence electrons. The lowest BCUT2D eigenvalue weighted by molar-refractivity contribution is 0.102. The van der Waals surface area contributed by atoms with E-state index in [2.05, 4.69) is 4.98 Å². The minimum Gasteiger partial charge on any atom is -0.362 e. The zero-order valence-corrected chi connectivity index (χ0v) is 11.5. The first kappa shape index (κ1) is 12.7. The average molecular weight is 251 g/mol. The first-order valence-electron chi connectivity index (χ1n) is 6.48. The first-order chi connectivity index (χ1) is 8.16. The summed E-state index contributed by atoms with van der Waals surface area (Å²) in [6, 6.07) is 1.97. The van der Waals surface area contributed by atoms with Gasteiger partial charge >= 0.3 is 0 Å². The molecule has 0 aliphatic heterocycles. The fraction of sp³-hybridized carbons (Fsp3) is 0.643. The maximum Gasteiger partial charge on any atom is 0.174 e. The molecule has 2 rings (SSSR count). The Bertz CT molecular complexity index is 391. The van der Waals surface area contributed by atoms with Crippen molar-refractivity contribution >= 4 is 17.5 Å². The summed E-state index contributed by atoms with van der Waals surface area (Å²) in [5.74, 6) is 0.922. The molecule has 1 aromatic rings. The Morgan fingerprint density at radius 3 is 2.65 bits per heavy atom. The fourth-order valence-corrected chi connectivity index (χ4v) is 3.73. The smallest absolute Gasteiger partial charge is 0.174 e. The summed E-state index contributed by atoms with van der Waals surface area (Å²) in [6.07, 6.45) is 6.65. The van der Waals surface area contributed by atoms with Crippen LogP contribution in [0.4, 0.5) is 0 Å². The highest BCUT2D eigenvalue weighted by molar-refractivity contribution is 8.00. The van der Waals surface area contributed by atoms with Gasteiger partial charge in [0.15, 0.2) is 5.78 Å². The van der Waals surface area contributed by atoms with E-state index in [-0.39, 0.29) is 5.78 Å². The van der Waals surface area contributed by atoms with E-state index in [0.717, 1.165) is 17.0 Å². The van der Waals surface area contributed by atoms with E-state index in [4.69, 9.17) is 0 Å². The van der Waals surface area contributed by atoms with Crippen LogP contribution in [0, 0.1) is 13.8 Å². The van der Waals surface area contributed by atoms with Crippen molar-refractivity contribution in [2.24, 2.45) is 0 Å². The SMILES string of the molecule is Cc1cc(C(=O)CSC2CCCCC2)c(C)[nH]1. The molecule has 17 heavy (non-hydrogen) atoms. The van der Waals surface area contributed by atoms with Crippen LogP contribution in [-0.4, -0.2) is 21.8 Å². The maximum atomic E-state index is 12.1. The molecule has 0 unspecified atom stereocenters. The summed E-state index contributed by atoms with van der Waals surface area (Å²) >= 11 is 1.85. The van der Waals surface area contributed by atoms with Crippen molar-refractivity contribution in [3.05, 3.63) is 23.0 Å². The fourth-order valence-electron chi connectivity index (χ4n) is 2.52. The van der Waals surface area contributed by atoms with E-state index >= 15 is 0 Å². The third kappa shape index (κ3) is 3.38. The third-order valence-electron chi connectivity index (χ3n) is 3.45. The Balaban J connectivity index is 1.86. The van der Waals surface area contributed by atoms with E-state index in [1.807, 2.05) is 31.7 Å². The molecule has 2 nitrogen and oxygen atoms in total. The van der Waals surface area contributed by atoms with Crippen LogP contribution in [-0.2, 0) is 0 Å². The summed E-state index contributed by atoms with van der Waals surface area (Å²) in [4.78, 5) is 15.3. The van der Waals surface area contributed by atoms with Crippen molar-refractivity contribution in [3.63, 3.8) is 0 Å². The zero-order valence-electron chi connectivity index (χ0n) is 10.7. The number of ketones is 1. The van der Waals surface area contributed by atoms with Crippen molar-refractivity contribution in [1.82, 2.24) is 4.98 Å². The first-order valence-corrected chi connectivity index (χ1v) is 7.52. The Kier molecular flexibility index (Phi) is 4.32. The number of aryl methyl sites for hydroxylation is 2. The van der Waals surface area contributed by atoms with E-state index in [1.165, 1.54) is 32.1 Å². The monoisotopic (exact) mass is 251 g/mol. The molecule has 0 radical (unpaired) electrons. The predicted octanol–water partition coefficient (Wildman–Crippen LogP) is 3.88. The predicted molar refractivity (Wildman–Crippen MR) is 73.9 cm³/mol. The number of hydrogen-bond acceptors (Lipinski definition) is 2. The van der Waals surface area contributed by atoms with Crippen LogP contribution >= 0.6 is 11.8 Å². The Labute approximate surface area is 108 Å². The summed E-state index contributed by atoms with van der Waals surface area (Å²) in [6.45, 7) is 3.98. The normalized spacial score (nSPS) is 17.3. The molecular weight excluding hydrogens is 230 g/mol. The van der Waals surface area contributed by atoms with Crippen LogP contribution in [0.5, 0.6) is 0 Å². The third-order valence-corrected chi connectivity index (χ3v) is 4.82. The molecule has 0 saturated heterocycles. The lowest BCUT2D eigenvalue weighted by atomic mass is 10.0. The van der Waals surface area contributed by atoms with E-state index < -0.39 is 0 Å². The molecule has 1 saturated carbocycles. The second kappa shape index (κ2) is 5.76. The molecular formula is C14H21NOS. The van der Waals surface area contributed by atoms with E-state index in [9.17, 15) is 4.79 Å². The molecule has 3 heteroatoms. The Morgan fingerprint density at radius 2 is 2.06 bits per heavy atom. The number of carbonyl (C=O) groups is 1. The van der Waals surface area contributed by atoms with Gasteiger partial charge in [-0.1, -0.05) is 19.3 Å². The lowest BCUT2D eigenvalue weighted by Gasteiger charge is -2.20. The number of nitrogens with one attached hydrogen (secondary N) is 1. The second-order valence-electron chi connectivity index (χ2n) is 4.99. The van der Waals surface area contributed by atoms with Gasteiger partial charge in [0.1, 0.15) is 0 Å².